The molecule has 0 saturated carbocycles. The molecule has 0 unspecified atom stereocenters. The number of aryl methyl sites for hydroxylation is 1. The van der Waals surface area contributed by atoms with Gasteiger partial charge >= 0.3 is 0 Å². The Labute approximate surface area is 192 Å². The maximum absolute atomic E-state index is 12.7. The monoisotopic (exact) mass is 479 g/mol. The van der Waals surface area contributed by atoms with Gasteiger partial charge in [-0.1, -0.05) is 30.7 Å². The standard InChI is InChI=1S/C21H26ClN5O4S/c1-4-26(5-2)32(29,30)16-9-10-19-18(14-16)24-25-27(19)12-6-7-21(28)23-15-8-11-20(31-3)17(22)13-15/h8-11,13-14H,4-7,12H2,1-3H3,(H,23,28). The molecule has 172 valence electrons. The van der Waals surface area contributed by atoms with Gasteiger partial charge in [0.25, 0.3) is 0 Å². The summed E-state index contributed by atoms with van der Waals surface area (Å²) in [6.45, 7) is 4.86. The lowest BCUT2D eigenvalue weighted by Crippen LogP contribution is -2.30. The number of nitrogens with one attached hydrogen (secondary N) is 1. The fourth-order valence-corrected chi connectivity index (χ4v) is 5.08. The zero-order valence-electron chi connectivity index (χ0n) is 18.2. The number of hydrogen-bond donors (Lipinski definition) is 1. The van der Waals surface area contributed by atoms with Gasteiger partial charge in [-0.25, -0.2) is 13.1 Å². The first-order valence-corrected chi connectivity index (χ1v) is 12.1. The molecule has 32 heavy (non-hydrogen) atoms. The number of fused-ring (bicyclic) bond motifs is 1. The predicted molar refractivity (Wildman–Crippen MR) is 124 cm³/mol. The summed E-state index contributed by atoms with van der Waals surface area (Å²) in [6.07, 6.45) is 0.813. The molecule has 3 rings (SSSR count). The first-order chi connectivity index (χ1) is 15.3. The molecule has 3 aromatic rings. The Morgan fingerprint density at radius 3 is 2.59 bits per heavy atom. The maximum Gasteiger partial charge on any atom is 0.243 e. The smallest absolute Gasteiger partial charge is 0.243 e. The second kappa shape index (κ2) is 10.3. The van der Waals surface area contributed by atoms with Crippen LogP contribution >= 0.6 is 11.6 Å². The van der Waals surface area contributed by atoms with Crippen molar-refractivity contribution >= 4 is 44.3 Å². The Morgan fingerprint density at radius 1 is 1.19 bits per heavy atom. The highest BCUT2D eigenvalue weighted by atomic mass is 35.5. The van der Waals surface area contributed by atoms with E-state index in [4.69, 9.17) is 16.3 Å². The quantitative estimate of drug-likeness (QED) is 0.476. The molecule has 0 radical (unpaired) electrons. The number of halogens is 1. The van der Waals surface area contributed by atoms with Gasteiger partial charge in [0.2, 0.25) is 15.9 Å². The molecular weight excluding hydrogens is 454 g/mol. The minimum atomic E-state index is -3.56. The summed E-state index contributed by atoms with van der Waals surface area (Å²) in [4.78, 5) is 12.4. The van der Waals surface area contributed by atoms with Crippen molar-refractivity contribution in [2.24, 2.45) is 0 Å². The van der Waals surface area contributed by atoms with Gasteiger partial charge in [0.15, 0.2) is 0 Å². The predicted octanol–water partition coefficient (Wildman–Crippen LogP) is 3.54. The number of benzene rings is 2. The summed E-state index contributed by atoms with van der Waals surface area (Å²) in [5.41, 5.74) is 1.80. The van der Waals surface area contributed by atoms with Crippen LogP contribution in [0.2, 0.25) is 5.02 Å². The van der Waals surface area contributed by atoms with Crippen molar-refractivity contribution in [3.63, 3.8) is 0 Å². The summed E-state index contributed by atoms with van der Waals surface area (Å²) < 4.78 is 33.6. The summed E-state index contributed by atoms with van der Waals surface area (Å²) in [7, 11) is -2.04. The molecule has 1 aromatic heterocycles. The third-order valence-electron chi connectivity index (χ3n) is 5.04. The third kappa shape index (κ3) is 5.20. The summed E-state index contributed by atoms with van der Waals surface area (Å²) >= 11 is 6.08. The molecule has 1 amide bonds. The van der Waals surface area contributed by atoms with Crippen LogP contribution in [0.15, 0.2) is 41.3 Å². The Kier molecular flexibility index (Phi) is 7.70. The number of rotatable bonds is 10. The molecule has 11 heteroatoms. The van der Waals surface area contributed by atoms with Crippen LogP contribution in [-0.2, 0) is 21.4 Å². The van der Waals surface area contributed by atoms with Crippen LogP contribution in [0, 0.1) is 0 Å². The Balaban J connectivity index is 1.62. The van der Waals surface area contributed by atoms with Crippen LogP contribution in [0.3, 0.4) is 0 Å². The summed E-state index contributed by atoms with van der Waals surface area (Å²) in [5, 5.41) is 11.4. The third-order valence-corrected chi connectivity index (χ3v) is 7.38. The van der Waals surface area contributed by atoms with Crippen LogP contribution in [0.4, 0.5) is 5.69 Å². The van der Waals surface area contributed by atoms with Crippen LogP contribution in [-0.4, -0.2) is 53.8 Å². The number of anilines is 1. The first kappa shape index (κ1) is 24.0. The topological polar surface area (TPSA) is 106 Å². The van der Waals surface area contributed by atoms with E-state index >= 15 is 0 Å². The van der Waals surface area contributed by atoms with Crippen molar-refractivity contribution in [1.29, 1.82) is 0 Å². The van der Waals surface area contributed by atoms with Gasteiger partial charge in [0.1, 0.15) is 11.3 Å². The summed E-state index contributed by atoms with van der Waals surface area (Å²) in [5.74, 6) is 0.388. The van der Waals surface area contributed by atoms with E-state index in [0.717, 1.165) is 0 Å². The van der Waals surface area contributed by atoms with Crippen molar-refractivity contribution in [1.82, 2.24) is 19.3 Å². The molecule has 1 heterocycles. The van der Waals surface area contributed by atoms with Gasteiger partial charge in [-0.2, -0.15) is 4.31 Å². The van der Waals surface area contributed by atoms with Gasteiger partial charge in [0, 0.05) is 31.7 Å². The number of amides is 1. The molecule has 9 nitrogen and oxygen atoms in total. The average molecular weight is 480 g/mol. The summed E-state index contributed by atoms with van der Waals surface area (Å²) in [6, 6.07) is 9.84. The molecule has 0 aliphatic carbocycles. The Bertz CT molecular complexity index is 1210. The number of hydrogen-bond acceptors (Lipinski definition) is 6. The largest absolute Gasteiger partial charge is 0.495 e. The van der Waals surface area contributed by atoms with Gasteiger partial charge in [-0.3, -0.25) is 4.79 Å². The van der Waals surface area contributed by atoms with E-state index in [-0.39, 0.29) is 17.2 Å². The highest BCUT2D eigenvalue weighted by molar-refractivity contribution is 7.89. The number of aromatic nitrogens is 3. The van der Waals surface area contributed by atoms with E-state index in [9.17, 15) is 13.2 Å². The van der Waals surface area contributed by atoms with Crippen LogP contribution in [0.5, 0.6) is 5.75 Å². The van der Waals surface area contributed by atoms with Gasteiger partial charge in [-0.15, -0.1) is 5.10 Å². The van der Waals surface area contributed by atoms with Crippen molar-refractivity contribution < 1.29 is 17.9 Å². The van der Waals surface area contributed by atoms with Crippen LogP contribution in [0.1, 0.15) is 26.7 Å². The van der Waals surface area contributed by atoms with E-state index in [1.165, 1.54) is 17.5 Å². The molecule has 0 aliphatic heterocycles. The van der Waals surface area contributed by atoms with Crippen molar-refractivity contribution in [3.05, 3.63) is 41.4 Å². The minimum absolute atomic E-state index is 0.150. The SMILES string of the molecule is CCN(CC)S(=O)(=O)c1ccc2c(c1)nnn2CCCC(=O)Nc1ccc(OC)c(Cl)c1. The lowest BCUT2D eigenvalue weighted by atomic mass is 10.2. The number of sulfonamides is 1. The average Bonchev–Trinajstić information content (AvgIpc) is 3.17. The lowest BCUT2D eigenvalue weighted by molar-refractivity contribution is -0.116. The Morgan fingerprint density at radius 2 is 1.94 bits per heavy atom. The molecule has 0 spiro atoms. The fourth-order valence-electron chi connectivity index (χ4n) is 3.35. The van der Waals surface area contributed by atoms with E-state index < -0.39 is 10.0 Å². The van der Waals surface area contributed by atoms with E-state index in [2.05, 4.69) is 15.6 Å². The number of ether oxygens (including phenoxy) is 1. The van der Waals surface area contributed by atoms with E-state index in [1.54, 1.807) is 48.9 Å². The molecule has 1 N–H and O–H groups in total. The second-order valence-electron chi connectivity index (χ2n) is 7.05. The Hall–Kier alpha value is -2.69. The van der Waals surface area contributed by atoms with Crippen LogP contribution in [0.25, 0.3) is 11.0 Å². The van der Waals surface area contributed by atoms with Gasteiger partial charge in [0.05, 0.1) is 22.5 Å². The van der Waals surface area contributed by atoms with E-state index in [0.29, 0.717) is 53.5 Å². The van der Waals surface area contributed by atoms with Gasteiger partial charge < -0.3 is 10.1 Å². The number of carbonyl (C=O) groups is 1. The highest BCUT2D eigenvalue weighted by Gasteiger charge is 2.22. The molecule has 0 atom stereocenters. The second-order valence-corrected chi connectivity index (χ2v) is 9.40. The molecule has 2 aromatic carbocycles. The van der Waals surface area contributed by atoms with E-state index in [1.807, 2.05) is 0 Å². The van der Waals surface area contributed by atoms with Crippen LogP contribution < -0.4 is 10.1 Å². The minimum Gasteiger partial charge on any atom is -0.495 e. The van der Waals surface area contributed by atoms with Crippen molar-refractivity contribution in [2.75, 3.05) is 25.5 Å². The van der Waals surface area contributed by atoms with Crippen molar-refractivity contribution in [2.45, 2.75) is 38.1 Å². The number of methoxy groups -OCH3 is 1. The highest BCUT2D eigenvalue weighted by Crippen LogP contribution is 2.27. The number of carbonyl (C=O) groups excluding carboxylic acids is 1. The van der Waals surface area contributed by atoms with Gasteiger partial charge in [-0.05, 0) is 42.8 Å². The molecule has 0 fully saturated rings. The lowest BCUT2D eigenvalue weighted by Gasteiger charge is -2.18. The molecule has 0 bridgehead atoms. The molecular formula is C21H26ClN5O4S. The van der Waals surface area contributed by atoms with Crippen molar-refractivity contribution in [3.8, 4) is 5.75 Å². The molecule has 0 saturated heterocycles. The fraction of sp³-hybridized carbons (Fsp3) is 0.381. The zero-order chi connectivity index (χ0) is 23.3. The number of nitrogens with zero attached hydrogens (tertiary/aromatic N) is 4. The normalized spacial score (nSPS) is 11.8. The maximum atomic E-state index is 12.7. The zero-order valence-corrected chi connectivity index (χ0v) is 19.8. The molecule has 0 aliphatic rings. The first-order valence-electron chi connectivity index (χ1n) is 10.3.